The lowest BCUT2D eigenvalue weighted by molar-refractivity contribution is 0.190. The number of benzene rings is 1. The number of fused-ring (bicyclic) bond motifs is 1. The molecule has 1 N–H and O–H groups in total. The minimum Gasteiger partial charge on any atom is -0.497 e. The maximum Gasteiger partial charge on any atom is 0.120 e. The first kappa shape index (κ1) is 14.4. The number of aryl methyl sites for hydroxylation is 1. The van der Waals surface area contributed by atoms with E-state index in [0.29, 0.717) is 0 Å². The van der Waals surface area contributed by atoms with Crippen molar-refractivity contribution in [1.29, 1.82) is 0 Å². The van der Waals surface area contributed by atoms with Crippen LogP contribution in [0.1, 0.15) is 24.8 Å². The van der Waals surface area contributed by atoms with Crippen LogP contribution in [-0.4, -0.2) is 31.4 Å². The molecule has 2 aromatic rings. The molecule has 1 aliphatic carbocycles. The Kier molecular flexibility index (Phi) is 4.46. The molecule has 1 fully saturated rings. The van der Waals surface area contributed by atoms with Crippen LogP contribution in [0.4, 0.5) is 0 Å². The van der Waals surface area contributed by atoms with Crippen LogP contribution < -0.4 is 10.1 Å². The Morgan fingerprint density at radius 2 is 2.14 bits per heavy atom. The number of nitrogens with one attached hydrogen (secondary N) is 1. The molecule has 1 heterocycles. The standard InChI is InChI=1S/C17H24N2O2/c1-20-9-3-8-19-12-13(11-18-14-4-5-14)16-7-6-15(21-2)10-17(16)19/h6-7,10,12,14,18H,3-5,8-9,11H2,1-2H3. The molecule has 1 saturated carbocycles. The fraction of sp³-hybridized carbons (Fsp3) is 0.529. The van der Waals surface area contributed by atoms with Gasteiger partial charge in [0, 0.05) is 50.5 Å². The third-order valence-corrected chi connectivity index (χ3v) is 4.08. The van der Waals surface area contributed by atoms with Crippen molar-refractivity contribution >= 4 is 10.9 Å². The number of aromatic nitrogens is 1. The molecule has 1 aromatic heterocycles. The van der Waals surface area contributed by atoms with E-state index in [1.165, 1.54) is 29.3 Å². The van der Waals surface area contributed by atoms with E-state index in [4.69, 9.17) is 9.47 Å². The lowest BCUT2D eigenvalue weighted by atomic mass is 10.1. The highest BCUT2D eigenvalue weighted by atomic mass is 16.5. The summed E-state index contributed by atoms with van der Waals surface area (Å²) in [6.45, 7) is 2.71. The van der Waals surface area contributed by atoms with Gasteiger partial charge in [-0.1, -0.05) is 0 Å². The summed E-state index contributed by atoms with van der Waals surface area (Å²) in [7, 11) is 3.47. The SMILES string of the molecule is COCCCn1cc(CNC2CC2)c2ccc(OC)cc21. The predicted molar refractivity (Wildman–Crippen MR) is 84.8 cm³/mol. The number of hydrogen-bond acceptors (Lipinski definition) is 3. The van der Waals surface area contributed by atoms with Gasteiger partial charge in [-0.05, 0) is 37.0 Å². The molecule has 0 spiro atoms. The summed E-state index contributed by atoms with van der Waals surface area (Å²) >= 11 is 0. The largest absolute Gasteiger partial charge is 0.497 e. The molecule has 0 bridgehead atoms. The van der Waals surface area contributed by atoms with Crippen molar-refractivity contribution in [3.8, 4) is 5.75 Å². The minimum atomic E-state index is 0.732. The normalized spacial score (nSPS) is 14.8. The molecular weight excluding hydrogens is 264 g/mol. The maximum absolute atomic E-state index is 5.37. The Morgan fingerprint density at radius 3 is 2.86 bits per heavy atom. The Labute approximate surface area is 126 Å². The molecule has 21 heavy (non-hydrogen) atoms. The highest BCUT2D eigenvalue weighted by Gasteiger charge is 2.21. The van der Waals surface area contributed by atoms with E-state index in [-0.39, 0.29) is 0 Å². The molecule has 4 heteroatoms. The van der Waals surface area contributed by atoms with Crippen molar-refractivity contribution in [2.75, 3.05) is 20.8 Å². The van der Waals surface area contributed by atoms with Gasteiger partial charge in [-0.2, -0.15) is 0 Å². The predicted octanol–water partition coefficient (Wildman–Crippen LogP) is 2.94. The Balaban J connectivity index is 1.86. The molecule has 0 radical (unpaired) electrons. The molecule has 0 amide bonds. The number of methoxy groups -OCH3 is 2. The minimum absolute atomic E-state index is 0.732. The quantitative estimate of drug-likeness (QED) is 0.759. The molecule has 0 atom stereocenters. The highest BCUT2D eigenvalue weighted by molar-refractivity contribution is 5.85. The van der Waals surface area contributed by atoms with Crippen LogP contribution in [0.5, 0.6) is 5.75 Å². The van der Waals surface area contributed by atoms with Gasteiger partial charge in [-0.15, -0.1) is 0 Å². The van der Waals surface area contributed by atoms with Crippen LogP contribution >= 0.6 is 0 Å². The van der Waals surface area contributed by atoms with Gasteiger partial charge >= 0.3 is 0 Å². The third kappa shape index (κ3) is 3.39. The van der Waals surface area contributed by atoms with Crippen LogP contribution in [0.25, 0.3) is 10.9 Å². The van der Waals surface area contributed by atoms with Crippen LogP contribution in [0.15, 0.2) is 24.4 Å². The van der Waals surface area contributed by atoms with Crippen molar-refractivity contribution in [2.45, 2.75) is 38.4 Å². The van der Waals surface area contributed by atoms with E-state index >= 15 is 0 Å². The van der Waals surface area contributed by atoms with Crippen molar-refractivity contribution in [1.82, 2.24) is 9.88 Å². The Hall–Kier alpha value is -1.52. The summed E-state index contributed by atoms with van der Waals surface area (Å²) in [6.07, 6.45) is 5.93. The molecule has 0 saturated heterocycles. The smallest absolute Gasteiger partial charge is 0.120 e. The molecule has 1 aromatic carbocycles. The van der Waals surface area contributed by atoms with E-state index in [1.54, 1.807) is 14.2 Å². The van der Waals surface area contributed by atoms with Crippen molar-refractivity contribution in [3.63, 3.8) is 0 Å². The van der Waals surface area contributed by atoms with Gasteiger partial charge in [-0.25, -0.2) is 0 Å². The monoisotopic (exact) mass is 288 g/mol. The van der Waals surface area contributed by atoms with E-state index in [2.05, 4.69) is 28.2 Å². The third-order valence-electron chi connectivity index (χ3n) is 4.08. The van der Waals surface area contributed by atoms with E-state index in [1.807, 2.05) is 6.07 Å². The summed E-state index contributed by atoms with van der Waals surface area (Å²) in [5, 5.41) is 4.93. The van der Waals surface area contributed by atoms with E-state index in [0.717, 1.165) is 37.9 Å². The zero-order chi connectivity index (χ0) is 14.7. The number of rotatable bonds is 8. The lowest BCUT2D eigenvalue weighted by Gasteiger charge is -2.06. The van der Waals surface area contributed by atoms with Gasteiger partial charge < -0.3 is 19.4 Å². The van der Waals surface area contributed by atoms with Gasteiger partial charge in [0.2, 0.25) is 0 Å². The second-order valence-electron chi connectivity index (χ2n) is 5.73. The van der Waals surface area contributed by atoms with Gasteiger partial charge in [0.15, 0.2) is 0 Å². The molecule has 114 valence electrons. The first-order valence-corrected chi connectivity index (χ1v) is 7.70. The Bertz CT molecular complexity index is 602. The van der Waals surface area contributed by atoms with Crippen molar-refractivity contribution in [3.05, 3.63) is 30.0 Å². The maximum atomic E-state index is 5.37. The second kappa shape index (κ2) is 6.50. The first-order chi connectivity index (χ1) is 10.3. The molecule has 1 aliphatic rings. The van der Waals surface area contributed by atoms with E-state index < -0.39 is 0 Å². The summed E-state index contributed by atoms with van der Waals surface area (Å²) in [5.41, 5.74) is 2.62. The molecule has 0 unspecified atom stereocenters. The average molecular weight is 288 g/mol. The van der Waals surface area contributed by atoms with Crippen molar-refractivity contribution in [2.24, 2.45) is 0 Å². The molecule has 0 aliphatic heterocycles. The summed E-state index contributed by atoms with van der Waals surface area (Å²) in [4.78, 5) is 0. The second-order valence-corrected chi connectivity index (χ2v) is 5.73. The van der Waals surface area contributed by atoms with Crippen LogP contribution in [0, 0.1) is 0 Å². The molecule has 4 nitrogen and oxygen atoms in total. The first-order valence-electron chi connectivity index (χ1n) is 7.70. The zero-order valence-electron chi connectivity index (χ0n) is 12.9. The fourth-order valence-electron chi connectivity index (χ4n) is 2.72. The van der Waals surface area contributed by atoms with Crippen LogP contribution in [-0.2, 0) is 17.8 Å². The number of nitrogens with zero attached hydrogens (tertiary/aromatic N) is 1. The van der Waals surface area contributed by atoms with E-state index in [9.17, 15) is 0 Å². The average Bonchev–Trinajstić information content (AvgIpc) is 3.28. The summed E-state index contributed by atoms with van der Waals surface area (Å²) in [6, 6.07) is 7.07. The summed E-state index contributed by atoms with van der Waals surface area (Å²) < 4.78 is 12.9. The molecule has 3 rings (SSSR count). The van der Waals surface area contributed by atoms with Crippen LogP contribution in [0.2, 0.25) is 0 Å². The van der Waals surface area contributed by atoms with Gasteiger partial charge in [0.25, 0.3) is 0 Å². The fourth-order valence-corrected chi connectivity index (χ4v) is 2.72. The van der Waals surface area contributed by atoms with Gasteiger partial charge in [0.1, 0.15) is 5.75 Å². The van der Waals surface area contributed by atoms with Gasteiger partial charge in [0.05, 0.1) is 12.6 Å². The highest BCUT2D eigenvalue weighted by Crippen LogP contribution is 2.27. The Morgan fingerprint density at radius 1 is 1.29 bits per heavy atom. The topological polar surface area (TPSA) is 35.4 Å². The lowest BCUT2D eigenvalue weighted by Crippen LogP contribution is -2.14. The summed E-state index contributed by atoms with van der Waals surface area (Å²) in [5.74, 6) is 0.912. The van der Waals surface area contributed by atoms with Crippen LogP contribution in [0.3, 0.4) is 0 Å². The van der Waals surface area contributed by atoms with Crippen molar-refractivity contribution < 1.29 is 9.47 Å². The zero-order valence-corrected chi connectivity index (χ0v) is 12.9. The molecular formula is C17H24N2O2. The van der Waals surface area contributed by atoms with Gasteiger partial charge in [-0.3, -0.25) is 0 Å². The number of hydrogen-bond donors (Lipinski definition) is 1. The number of ether oxygens (including phenoxy) is 2.